The molecular weight excluding hydrogens is 281 g/mol. The van der Waals surface area contributed by atoms with E-state index in [0.717, 1.165) is 12.2 Å². The first-order valence-electron chi connectivity index (χ1n) is 7.36. The highest BCUT2D eigenvalue weighted by Crippen LogP contribution is 2.29. The van der Waals surface area contributed by atoms with Gasteiger partial charge in [-0.25, -0.2) is 4.39 Å². The molecule has 1 atom stereocenters. The van der Waals surface area contributed by atoms with E-state index in [-0.39, 0.29) is 11.7 Å². The minimum atomic E-state index is -0.378. The van der Waals surface area contributed by atoms with Crippen molar-refractivity contribution in [2.24, 2.45) is 0 Å². The standard InChI is InChI=1S/C18H18FNO2/c1-22-17-7-5-13(6-8-17)15-9-10-20(12-15)18(21)14-3-2-4-16(19)11-14/h2-8,11,15H,9-10,12H2,1H3. The van der Waals surface area contributed by atoms with Crippen LogP contribution < -0.4 is 4.74 Å². The zero-order chi connectivity index (χ0) is 15.5. The van der Waals surface area contributed by atoms with Gasteiger partial charge in [0.05, 0.1) is 7.11 Å². The molecule has 1 unspecified atom stereocenters. The molecule has 1 aliphatic heterocycles. The molecule has 1 aliphatic rings. The summed E-state index contributed by atoms with van der Waals surface area (Å²) < 4.78 is 18.4. The molecule has 114 valence electrons. The summed E-state index contributed by atoms with van der Waals surface area (Å²) in [6, 6.07) is 13.8. The zero-order valence-corrected chi connectivity index (χ0v) is 12.5. The van der Waals surface area contributed by atoms with Crippen LogP contribution in [0.5, 0.6) is 5.75 Å². The summed E-state index contributed by atoms with van der Waals surface area (Å²) in [6.07, 6.45) is 0.924. The van der Waals surface area contributed by atoms with Crippen molar-refractivity contribution in [1.29, 1.82) is 0 Å². The van der Waals surface area contributed by atoms with E-state index in [9.17, 15) is 9.18 Å². The predicted octanol–water partition coefficient (Wildman–Crippen LogP) is 3.46. The van der Waals surface area contributed by atoms with Crippen LogP contribution in [0.2, 0.25) is 0 Å². The number of rotatable bonds is 3. The van der Waals surface area contributed by atoms with Crippen molar-refractivity contribution in [3.8, 4) is 5.75 Å². The van der Waals surface area contributed by atoms with Gasteiger partial charge in [-0.2, -0.15) is 0 Å². The number of likely N-dealkylation sites (tertiary alicyclic amines) is 1. The van der Waals surface area contributed by atoms with Gasteiger partial charge in [-0.05, 0) is 42.3 Å². The molecule has 2 aromatic rings. The van der Waals surface area contributed by atoms with Crippen LogP contribution in [0.1, 0.15) is 28.3 Å². The SMILES string of the molecule is COc1ccc(C2CCN(C(=O)c3cccc(F)c3)C2)cc1. The van der Waals surface area contributed by atoms with Gasteiger partial charge >= 0.3 is 0 Å². The molecule has 4 heteroatoms. The Hall–Kier alpha value is -2.36. The average molecular weight is 299 g/mol. The average Bonchev–Trinajstić information content (AvgIpc) is 3.04. The normalized spacial score (nSPS) is 17.5. The number of ether oxygens (including phenoxy) is 1. The maximum Gasteiger partial charge on any atom is 0.253 e. The summed E-state index contributed by atoms with van der Waals surface area (Å²) in [4.78, 5) is 14.2. The van der Waals surface area contributed by atoms with E-state index in [1.165, 1.54) is 17.7 Å². The Morgan fingerprint density at radius 3 is 2.68 bits per heavy atom. The topological polar surface area (TPSA) is 29.5 Å². The molecule has 1 amide bonds. The zero-order valence-electron chi connectivity index (χ0n) is 12.5. The minimum absolute atomic E-state index is 0.101. The summed E-state index contributed by atoms with van der Waals surface area (Å²) in [5.74, 6) is 0.671. The van der Waals surface area contributed by atoms with Crippen molar-refractivity contribution in [2.75, 3.05) is 20.2 Å². The fourth-order valence-electron chi connectivity index (χ4n) is 2.90. The molecule has 0 radical (unpaired) electrons. The van der Waals surface area contributed by atoms with Gasteiger partial charge in [0.15, 0.2) is 0 Å². The quantitative estimate of drug-likeness (QED) is 0.868. The maximum absolute atomic E-state index is 13.2. The Morgan fingerprint density at radius 2 is 2.00 bits per heavy atom. The van der Waals surface area contributed by atoms with Crippen molar-refractivity contribution in [2.45, 2.75) is 12.3 Å². The molecule has 0 aliphatic carbocycles. The second-order valence-electron chi connectivity index (χ2n) is 5.52. The number of hydrogen-bond acceptors (Lipinski definition) is 2. The summed E-state index contributed by atoms with van der Waals surface area (Å²) in [7, 11) is 1.64. The lowest BCUT2D eigenvalue weighted by molar-refractivity contribution is 0.0790. The third kappa shape index (κ3) is 2.96. The van der Waals surface area contributed by atoms with Crippen LogP contribution >= 0.6 is 0 Å². The Labute approximate surface area is 129 Å². The van der Waals surface area contributed by atoms with E-state index in [2.05, 4.69) is 0 Å². The van der Waals surface area contributed by atoms with Crippen LogP contribution in [0.3, 0.4) is 0 Å². The molecule has 0 aromatic heterocycles. The molecule has 1 saturated heterocycles. The maximum atomic E-state index is 13.2. The largest absolute Gasteiger partial charge is 0.497 e. The van der Waals surface area contributed by atoms with Crippen molar-refractivity contribution in [3.05, 3.63) is 65.5 Å². The summed E-state index contributed by atoms with van der Waals surface area (Å²) in [5, 5.41) is 0. The van der Waals surface area contributed by atoms with Gasteiger partial charge in [0.25, 0.3) is 5.91 Å². The Morgan fingerprint density at radius 1 is 1.23 bits per heavy atom. The molecule has 0 bridgehead atoms. The van der Waals surface area contributed by atoms with Gasteiger partial charge in [0.2, 0.25) is 0 Å². The van der Waals surface area contributed by atoms with Gasteiger partial charge in [0.1, 0.15) is 11.6 Å². The number of halogens is 1. The van der Waals surface area contributed by atoms with Crippen LogP contribution in [0, 0.1) is 5.82 Å². The molecule has 1 fully saturated rings. The number of hydrogen-bond donors (Lipinski definition) is 0. The van der Waals surface area contributed by atoms with Crippen molar-refractivity contribution in [3.63, 3.8) is 0 Å². The van der Waals surface area contributed by atoms with Crippen LogP contribution in [0.4, 0.5) is 4.39 Å². The van der Waals surface area contributed by atoms with E-state index in [1.807, 2.05) is 24.3 Å². The van der Waals surface area contributed by atoms with Crippen molar-refractivity contribution >= 4 is 5.91 Å². The van der Waals surface area contributed by atoms with Crippen LogP contribution in [0.15, 0.2) is 48.5 Å². The van der Waals surface area contributed by atoms with Crippen molar-refractivity contribution in [1.82, 2.24) is 4.90 Å². The monoisotopic (exact) mass is 299 g/mol. The molecule has 3 rings (SSSR count). The smallest absolute Gasteiger partial charge is 0.253 e. The van der Waals surface area contributed by atoms with Gasteiger partial charge in [-0.1, -0.05) is 18.2 Å². The van der Waals surface area contributed by atoms with E-state index in [1.54, 1.807) is 24.1 Å². The molecular formula is C18H18FNO2. The Balaban J connectivity index is 1.70. The van der Waals surface area contributed by atoms with Gasteiger partial charge < -0.3 is 9.64 Å². The second-order valence-corrected chi connectivity index (χ2v) is 5.52. The molecule has 1 heterocycles. The first kappa shape index (κ1) is 14.6. The fourth-order valence-corrected chi connectivity index (χ4v) is 2.90. The molecule has 22 heavy (non-hydrogen) atoms. The molecule has 3 nitrogen and oxygen atoms in total. The summed E-state index contributed by atoms with van der Waals surface area (Å²) in [6.45, 7) is 1.37. The Kier molecular flexibility index (Phi) is 4.09. The predicted molar refractivity (Wildman–Crippen MR) is 82.7 cm³/mol. The molecule has 0 spiro atoms. The van der Waals surface area contributed by atoms with E-state index in [0.29, 0.717) is 24.6 Å². The van der Waals surface area contributed by atoms with Crippen molar-refractivity contribution < 1.29 is 13.9 Å². The molecule has 0 N–H and O–H groups in total. The van der Waals surface area contributed by atoms with Crippen LogP contribution in [-0.2, 0) is 0 Å². The number of benzene rings is 2. The highest BCUT2D eigenvalue weighted by Gasteiger charge is 2.28. The molecule has 2 aromatic carbocycles. The van der Waals surface area contributed by atoms with Crippen LogP contribution in [-0.4, -0.2) is 31.0 Å². The lowest BCUT2D eigenvalue weighted by atomic mass is 9.98. The number of carbonyl (C=O) groups excluding carboxylic acids is 1. The number of carbonyl (C=O) groups is 1. The lowest BCUT2D eigenvalue weighted by Gasteiger charge is -2.17. The van der Waals surface area contributed by atoms with E-state index in [4.69, 9.17) is 4.74 Å². The highest BCUT2D eigenvalue weighted by molar-refractivity contribution is 5.94. The minimum Gasteiger partial charge on any atom is -0.497 e. The van der Waals surface area contributed by atoms with Gasteiger partial charge in [0, 0.05) is 24.6 Å². The lowest BCUT2D eigenvalue weighted by Crippen LogP contribution is -2.28. The second kappa shape index (κ2) is 6.18. The third-order valence-corrected chi connectivity index (χ3v) is 4.13. The first-order valence-corrected chi connectivity index (χ1v) is 7.36. The fraction of sp³-hybridized carbons (Fsp3) is 0.278. The van der Waals surface area contributed by atoms with Gasteiger partial charge in [-0.15, -0.1) is 0 Å². The third-order valence-electron chi connectivity index (χ3n) is 4.13. The summed E-state index contributed by atoms with van der Waals surface area (Å²) >= 11 is 0. The van der Waals surface area contributed by atoms with E-state index < -0.39 is 0 Å². The Bertz CT molecular complexity index is 669. The summed E-state index contributed by atoms with van der Waals surface area (Å²) in [5.41, 5.74) is 1.62. The number of nitrogens with zero attached hydrogens (tertiary/aromatic N) is 1. The molecule has 0 saturated carbocycles. The number of methoxy groups -OCH3 is 1. The van der Waals surface area contributed by atoms with E-state index >= 15 is 0 Å². The van der Waals surface area contributed by atoms with Crippen LogP contribution in [0.25, 0.3) is 0 Å². The first-order chi connectivity index (χ1) is 10.7. The highest BCUT2D eigenvalue weighted by atomic mass is 19.1. The number of amides is 1. The van der Waals surface area contributed by atoms with Gasteiger partial charge in [-0.3, -0.25) is 4.79 Å².